The van der Waals surface area contributed by atoms with Crippen LogP contribution in [0.15, 0.2) is 55.0 Å². The zero-order valence-electron chi connectivity index (χ0n) is 17.4. The molecule has 0 bridgehead atoms. The molecule has 0 aliphatic heterocycles. The number of ether oxygens (including phenoxy) is 2. The Hall–Kier alpha value is -3.29. The Labute approximate surface area is 178 Å². The number of aromatic nitrogens is 2. The summed E-state index contributed by atoms with van der Waals surface area (Å²) in [6.45, 7) is 2.04. The monoisotopic (exact) mass is 432 g/mol. The number of nitrogens with zero attached hydrogens (tertiary/aromatic N) is 2. The first-order valence-corrected chi connectivity index (χ1v) is 9.75. The van der Waals surface area contributed by atoms with Gasteiger partial charge in [0.2, 0.25) is 0 Å². The molecule has 0 saturated carbocycles. The lowest BCUT2D eigenvalue weighted by atomic mass is 9.97. The van der Waals surface area contributed by atoms with Gasteiger partial charge in [-0.25, -0.2) is 9.78 Å². The van der Waals surface area contributed by atoms with E-state index in [1.807, 2.05) is 31.2 Å². The second kappa shape index (κ2) is 9.24. The van der Waals surface area contributed by atoms with Gasteiger partial charge in [0.15, 0.2) is 0 Å². The van der Waals surface area contributed by atoms with Gasteiger partial charge in [-0.1, -0.05) is 43.7 Å². The minimum atomic E-state index is -4.44. The van der Waals surface area contributed by atoms with Crippen LogP contribution >= 0.6 is 0 Å². The van der Waals surface area contributed by atoms with E-state index in [1.54, 1.807) is 10.9 Å². The number of esters is 1. The Morgan fingerprint density at radius 1 is 1.13 bits per heavy atom. The number of carbonyl (C=O) groups is 1. The van der Waals surface area contributed by atoms with E-state index in [-0.39, 0.29) is 11.8 Å². The number of rotatable bonds is 7. The Morgan fingerprint density at radius 3 is 2.42 bits per heavy atom. The SMILES string of the molecule is CCCC(c1ccc(-c2ccc(C(F)(F)F)cc2OC)cc1)n1cncc1C(=O)OC. The normalized spacial score (nSPS) is 12.5. The lowest BCUT2D eigenvalue weighted by Gasteiger charge is -2.21. The van der Waals surface area contributed by atoms with Crippen molar-refractivity contribution in [3.63, 3.8) is 0 Å². The highest BCUT2D eigenvalue weighted by Gasteiger charge is 2.31. The summed E-state index contributed by atoms with van der Waals surface area (Å²) in [6.07, 6.45) is 0.266. The minimum absolute atomic E-state index is 0.134. The van der Waals surface area contributed by atoms with Gasteiger partial charge in [0.1, 0.15) is 11.4 Å². The minimum Gasteiger partial charge on any atom is -0.496 e. The van der Waals surface area contributed by atoms with Gasteiger partial charge in [-0.2, -0.15) is 13.2 Å². The Kier molecular flexibility index (Phi) is 6.68. The van der Waals surface area contributed by atoms with Crippen LogP contribution in [0.3, 0.4) is 0 Å². The lowest BCUT2D eigenvalue weighted by molar-refractivity contribution is -0.137. The van der Waals surface area contributed by atoms with Gasteiger partial charge in [0.25, 0.3) is 0 Å². The zero-order valence-corrected chi connectivity index (χ0v) is 17.4. The van der Waals surface area contributed by atoms with Gasteiger partial charge >= 0.3 is 12.1 Å². The van der Waals surface area contributed by atoms with Crippen molar-refractivity contribution >= 4 is 5.97 Å². The fourth-order valence-corrected chi connectivity index (χ4v) is 3.55. The van der Waals surface area contributed by atoms with Crippen LogP contribution in [0.25, 0.3) is 11.1 Å². The highest BCUT2D eigenvalue weighted by Crippen LogP contribution is 2.37. The summed E-state index contributed by atoms with van der Waals surface area (Å²) in [5, 5.41) is 0. The third-order valence-electron chi connectivity index (χ3n) is 5.09. The van der Waals surface area contributed by atoms with E-state index in [0.717, 1.165) is 36.1 Å². The van der Waals surface area contributed by atoms with E-state index < -0.39 is 17.7 Å². The molecule has 8 heteroatoms. The number of hydrogen-bond donors (Lipinski definition) is 0. The summed E-state index contributed by atoms with van der Waals surface area (Å²) in [5.74, 6) is -0.319. The number of methoxy groups -OCH3 is 2. The molecule has 0 radical (unpaired) electrons. The fraction of sp³-hybridized carbons (Fsp3) is 0.304. The predicted molar refractivity (Wildman–Crippen MR) is 110 cm³/mol. The molecule has 0 aliphatic carbocycles. The molecular formula is C23H23F3N2O3. The van der Waals surface area contributed by atoms with E-state index in [2.05, 4.69) is 4.98 Å². The topological polar surface area (TPSA) is 53.4 Å². The quantitative estimate of drug-likeness (QED) is 0.446. The molecule has 1 aromatic heterocycles. The van der Waals surface area contributed by atoms with Crippen LogP contribution in [0.2, 0.25) is 0 Å². The second-order valence-corrected chi connectivity index (χ2v) is 7.02. The molecule has 0 amide bonds. The molecule has 164 valence electrons. The van der Waals surface area contributed by atoms with Crippen molar-refractivity contribution in [2.45, 2.75) is 32.0 Å². The number of benzene rings is 2. The van der Waals surface area contributed by atoms with Crippen LogP contribution in [0.1, 0.15) is 47.4 Å². The molecule has 31 heavy (non-hydrogen) atoms. The first-order chi connectivity index (χ1) is 14.8. The molecule has 5 nitrogen and oxygen atoms in total. The molecule has 1 heterocycles. The zero-order chi connectivity index (χ0) is 22.6. The maximum atomic E-state index is 13.0. The van der Waals surface area contributed by atoms with E-state index >= 15 is 0 Å². The van der Waals surface area contributed by atoms with E-state index in [1.165, 1.54) is 26.5 Å². The van der Waals surface area contributed by atoms with Crippen molar-refractivity contribution in [2.24, 2.45) is 0 Å². The van der Waals surface area contributed by atoms with Gasteiger partial charge in [0.05, 0.1) is 38.3 Å². The summed E-state index contributed by atoms with van der Waals surface area (Å²) in [6, 6.07) is 10.8. The molecule has 1 unspecified atom stereocenters. The van der Waals surface area contributed by atoms with Crippen molar-refractivity contribution < 1.29 is 27.4 Å². The van der Waals surface area contributed by atoms with Gasteiger partial charge in [0, 0.05) is 5.56 Å². The summed E-state index contributed by atoms with van der Waals surface area (Å²) < 4.78 is 50.8. The van der Waals surface area contributed by atoms with Gasteiger partial charge in [-0.05, 0) is 29.7 Å². The Morgan fingerprint density at radius 2 is 1.84 bits per heavy atom. The first-order valence-electron chi connectivity index (χ1n) is 9.75. The van der Waals surface area contributed by atoms with Gasteiger partial charge < -0.3 is 14.0 Å². The summed E-state index contributed by atoms with van der Waals surface area (Å²) in [4.78, 5) is 16.2. The van der Waals surface area contributed by atoms with Crippen molar-refractivity contribution in [3.05, 3.63) is 71.8 Å². The number of carbonyl (C=O) groups excluding carboxylic acids is 1. The third kappa shape index (κ3) is 4.73. The smallest absolute Gasteiger partial charge is 0.416 e. The molecule has 0 aliphatic rings. The standard InChI is InChI=1S/C23H23F3N2O3/c1-4-5-19(28-14-27-13-20(28)22(29)31-3)16-8-6-15(7-9-16)18-11-10-17(23(24,25)26)12-21(18)30-2/h6-14,19H,4-5H2,1-3H3. The number of alkyl halides is 3. The molecule has 2 aromatic carbocycles. The molecule has 0 spiro atoms. The van der Waals surface area contributed by atoms with Crippen molar-refractivity contribution in [1.29, 1.82) is 0 Å². The second-order valence-electron chi connectivity index (χ2n) is 7.02. The first kappa shape index (κ1) is 22.4. The average molecular weight is 432 g/mol. The fourth-order valence-electron chi connectivity index (χ4n) is 3.55. The highest BCUT2D eigenvalue weighted by atomic mass is 19.4. The lowest BCUT2D eigenvalue weighted by Crippen LogP contribution is -2.16. The van der Waals surface area contributed by atoms with Crippen LogP contribution in [0, 0.1) is 0 Å². The van der Waals surface area contributed by atoms with Crippen molar-refractivity contribution in [3.8, 4) is 16.9 Å². The molecule has 0 fully saturated rings. The van der Waals surface area contributed by atoms with Crippen molar-refractivity contribution in [1.82, 2.24) is 9.55 Å². The van der Waals surface area contributed by atoms with Crippen LogP contribution in [-0.4, -0.2) is 29.7 Å². The Balaban J connectivity index is 1.97. The molecular weight excluding hydrogens is 409 g/mol. The highest BCUT2D eigenvalue weighted by molar-refractivity contribution is 5.87. The largest absolute Gasteiger partial charge is 0.496 e. The van der Waals surface area contributed by atoms with Gasteiger partial charge in [-0.15, -0.1) is 0 Å². The molecule has 0 saturated heterocycles. The molecule has 3 aromatic rings. The predicted octanol–water partition coefficient (Wildman–Crippen LogP) is 5.75. The maximum absolute atomic E-state index is 13.0. The van der Waals surface area contributed by atoms with E-state index in [9.17, 15) is 18.0 Å². The number of hydrogen-bond acceptors (Lipinski definition) is 4. The molecule has 3 rings (SSSR count). The summed E-state index contributed by atoms with van der Waals surface area (Å²) >= 11 is 0. The van der Waals surface area contributed by atoms with Crippen LogP contribution in [0.5, 0.6) is 5.75 Å². The van der Waals surface area contributed by atoms with Gasteiger partial charge in [-0.3, -0.25) is 0 Å². The third-order valence-corrected chi connectivity index (χ3v) is 5.09. The Bertz CT molecular complexity index is 1040. The summed E-state index contributed by atoms with van der Waals surface area (Å²) in [7, 11) is 2.67. The molecule has 1 atom stereocenters. The molecule has 0 N–H and O–H groups in total. The number of imidazole rings is 1. The van der Waals surface area contributed by atoms with Crippen LogP contribution in [-0.2, 0) is 10.9 Å². The van der Waals surface area contributed by atoms with Crippen LogP contribution < -0.4 is 4.74 Å². The van der Waals surface area contributed by atoms with Crippen molar-refractivity contribution in [2.75, 3.05) is 14.2 Å². The number of halogens is 3. The maximum Gasteiger partial charge on any atom is 0.416 e. The van der Waals surface area contributed by atoms with E-state index in [4.69, 9.17) is 9.47 Å². The van der Waals surface area contributed by atoms with E-state index in [0.29, 0.717) is 11.3 Å². The van der Waals surface area contributed by atoms with Crippen LogP contribution in [0.4, 0.5) is 13.2 Å². The summed E-state index contributed by atoms with van der Waals surface area (Å²) in [5.41, 5.74) is 1.83. The average Bonchev–Trinajstić information content (AvgIpc) is 3.25.